The topological polar surface area (TPSA) is 73.9 Å². The van der Waals surface area contributed by atoms with Crippen molar-refractivity contribution in [3.05, 3.63) is 65.2 Å². The number of ether oxygens (including phenoxy) is 3. The lowest BCUT2D eigenvalue weighted by molar-refractivity contribution is -0.124. The summed E-state index contributed by atoms with van der Waals surface area (Å²) in [7, 11) is 3.20. The largest absolute Gasteiger partial charge is 0.497 e. The molecule has 1 amide bonds. The lowest BCUT2D eigenvalue weighted by Crippen LogP contribution is -2.28. The number of amides is 1. The summed E-state index contributed by atoms with van der Waals surface area (Å²) in [5.74, 6) is -0.149. The molecule has 0 aromatic heterocycles. The van der Waals surface area contributed by atoms with Crippen LogP contribution in [-0.2, 0) is 27.4 Å². The van der Waals surface area contributed by atoms with Gasteiger partial charge in [0.15, 0.2) is 6.61 Å². The predicted octanol–water partition coefficient (Wildman–Crippen LogP) is 2.31. The third-order valence-corrected chi connectivity index (χ3v) is 3.48. The van der Waals surface area contributed by atoms with Crippen LogP contribution in [0.1, 0.15) is 21.5 Å². The Labute approximate surface area is 146 Å². The number of esters is 1. The normalized spacial score (nSPS) is 10.2. The van der Waals surface area contributed by atoms with Crippen LogP contribution >= 0.6 is 0 Å². The second-order valence-electron chi connectivity index (χ2n) is 5.33. The van der Waals surface area contributed by atoms with Crippen LogP contribution in [0.4, 0.5) is 0 Å². The number of rotatable bonds is 8. The van der Waals surface area contributed by atoms with Crippen LogP contribution in [0.15, 0.2) is 48.5 Å². The minimum atomic E-state index is -0.538. The fraction of sp³-hybridized carbons (Fsp3) is 0.263. The first-order valence-electron chi connectivity index (χ1n) is 7.77. The van der Waals surface area contributed by atoms with E-state index in [4.69, 9.17) is 14.2 Å². The molecule has 0 heterocycles. The van der Waals surface area contributed by atoms with E-state index in [1.807, 2.05) is 24.3 Å². The summed E-state index contributed by atoms with van der Waals surface area (Å²) < 4.78 is 15.1. The molecule has 0 radical (unpaired) electrons. The lowest BCUT2D eigenvalue weighted by Gasteiger charge is -2.08. The molecule has 132 valence electrons. The van der Waals surface area contributed by atoms with E-state index >= 15 is 0 Å². The molecule has 0 aliphatic carbocycles. The van der Waals surface area contributed by atoms with Crippen molar-refractivity contribution in [3.63, 3.8) is 0 Å². The molecule has 2 aromatic carbocycles. The van der Waals surface area contributed by atoms with Crippen molar-refractivity contribution in [2.75, 3.05) is 20.8 Å². The lowest BCUT2D eigenvalue weighted by atomic mass is 10.1. The zero-order chi connectivity index (χ0) is 18.1. The van der Waals surface area contributed by atoms with Gasteiger partial charge in [0, 0.05) is 13.7 Å². The Morgan fingerprint density at radius 2 is 1.56 bits per heavy atom. The quantitative estimate of drug-likeness (QED) is 0.745. The average Bonchev–Trinajstić information content (AvgIpc) is 2.65. The van der Waals surface area contributed by atoms with Crippen LogP contribution in [0.3, 0.4) is 0 Å². The van der Waals surface area contributed by atoms with Gasteiger partial charge in [-0.2, -0.15) is 0 Å². The van der Waals surface area contributed by atoms with Crippen LogP contribution in [0.25, 0.3) is 0 Å². The SMILES string of the molecule is COCc1ccc(C(=O)OCC(=O)NCc2ccc(OC)cc2)cc1. The molecule has 0 fully saturated rings. The van der Waals surface area contributed by atoms with Gasteiger partial charge in [-0.1, -0.05) is 24.3 Å². The molecule has 25 heavy (non-hydrogen) atoms. The van der Waals surface area contributed by atoms with Crippen molar-refractivity contribution in [1.82, 2.24) is 5.32 Å². The summed E-state index contributed by atoms with van der Waals surface area (Å²) in [4.78, 5) is 23.7. The van der Waals surface area contributed by atoms with Crippen LogP contribution in [0, 0.1) is 0 Å². The second kappa shape index (κ2) is 9.44. The molecular formula is C19H21NO5. The summed E-state index contributed by atoms with van der Waals surface area (Å²) in [6.07, 6.45) is 0. The molecule has 0 saturated heterocycles. The van der Waals surface area contributed by atoms with Gasteiger partial charge in [0.05, 0.1) is 19.3 Å². The molecular weight excluding hydrogens is 322 g/mol. The molecule has 0 atom stereocenters. The van der Waals surface area contributed by atoms with Crippen molar-refractivity contribution in [3.8, 4) is 5.75 Å². The zero-order valence-electron chi connectivity index (χ0n) is 14.3. The number of carbonyl (C=O) groups excluding carboxylic acids is 2. The van der Waals surface area contributed by atoms with Gasteiger partial charge in [-0.15, -0.1) is 0 Å². The maximum Gasteiger partial charge on any atom is 0.338 e. The molecule has 2 rings (SSSR count). The van der Waals surface area contributed by atoms with E-state index in [1.165, 1.54) is 0 Å². The van der Waals surface area contributed by atoms with Crippen molar-refractivity contribution < 1.29 is 23.8 Å². The van der Waals surface area contributed by atoms with Gasteiger partial charge in [-0.05, 0) is 35.4 Å². The number of methoxy groups -OCH3 is 2. The van der Waals surface area contributed by atoms with Gasteiger partial charge in [0.2, 0.25) is 0 Å². The fourth-order valence-corrected chi connectivity index (χ4v) is 2.11. The summed E-state index contributed by atoms with van der Waals surface area (Å²) in [6, 6.07) is 14.2. The highest BCUT2D eigenvalue weighted by Crippen LogP contribution is 2.11. The Morgan fingerprint density at radius 1 is 0.920 bits per heavy atom. The van der Waals surface area contributed by atoms with Crippen LogP contribution < -0.4 is 10.1 Å². The molecule has 6 nitrogen and oxygen atoms in total. The Kier molecular flexibility index (Phi) is 6.98. The van der Waals surface area contributed by atoms with Gasteiger partial charge in [-0.3, -0.25) is 4.79 Å². The number of nitrogens with one attached hydrogen (secondary N) is 1. The molecule has 0 aliphatic heterocycles. The summed E-state index contributed by atoms with van der Waals surface area (Å²) >= 11 is 0. The van der Waals surface area contributed by atoms with E-state index in [9.17, 15) is 9.59 Å². The first-order valence-corrected chi connectivity index (χ1v) is 7.77. The van der Waals surface area contributed by atoms with E-state index in [0.29, 0.717) is 18.7 Å². The van der Waals surface area contributed by atoms with E-state index in [1.54, 1.807) is 38.5 Å². The Balaban J connectivity index is 1.75. The maximum absolute atomic E-state index is 11.9. The van der Waals surface area contributed by atoms with Gasteiger partial charge in [0.1, 0.15) is 5.75 Å². The maximum atomic E-state index is 11.9. The molecule has 1 N–H and O–H groups in total. The second-order valence-corrected chi connectivity index (χ2v) is 5.33. The first kappa shape index (κ1) is 18.5. The van der Waals surface area contributed by atoms with E-state index in [-0.39, 0.29) is 12.5 Å². The number of carbonyl (C=O) groups is 2. The van der Waals surface area contributed by atoms with E-state index in [0.717, 1.165) is 16.9 Å². The van der Waals surface area contributed by atoms with Gasteiger partial charge < -0.3 is 19.5 Å². The highest BCUT2D eigenvalue weighted by Gasteiger charge is 2.10. The number of benzene rings is 2. The summed E-state index contributed by atoms with van der Waals surface area (Å²) in [5, 5.41) is 2.70. The summed E-state index contributed by atoms with van der Waals surface area (Å²) in [6.45, 7) is 0.504. The predicted molar refractivity (Wildman–Crippen MR) is 92.3 cm³/mol. The van der Waals surface area contributed by atoms with Crippen molar-refractivity contribution in [2.24, 2.45) is 0 Å². The smallest absolute Gasteiger partial charge is 0.338 e. The molecule has 6 heteroatoms. The van der Waals surface area contributed by atoms with Crippen molar-refractivity contribution in [2.45, 2.75) is 13.2 Å². The van der Waals surface area contributed by atoms with E-state index in [2.05, 4.69) is 5.32 Å². The van der Waals surface area contributed by atoms with Crippen molar-refractivity contribution in [1.29, 1.82) is 0 Å². The summed E-state index contributed by atoms with van der Waals surface area (Å²) in [5.41, 5.74) is 2.27. The van der Waals surface area contributed by atoms with Gasteiger partial charge in [-0.25, -0.2) is 4.79 Å². The van der Waals surface area contributed by atoms with Crippen molar-refractivity contribution >= 4 is 11.9 Å². The third kappa shape index (κ3) is 5.93. The number of hydrogen-bond acceptors (Lipinski definition) is 5. The van der Waals surface area contributed by atoms with Gasteiger partial charge >= 0.3 is 5.97 Å². The van der Waals surface area contributed by atoms with E-state index < -0.39 is 5.97 Å². The third-order valence-electron chi connectivity index (χ3n) is 3.48. The van der Waals surface area contributed by atoms with Crippen LogP contribution in [0.2, 0.25) is 0 Å². The minimum Gasteiger partial charge on any atom is -0.497 e. The van der Waals surface area contributed by atoms with Gasteiger partial charge in [0.25, 0.3) is 5.91 Å². The number of hydrogen-bond donors (Lipinski definition) is 1. The van der Waals surface area contributed by atoms with Crippen LogP contribution in [0.5, 0.6) is 5.75 Å². The first-order chi connectivity index (χ1) is 12.1. The standard InChI is InChI=1S/C19H21NO5/c1-23-12-15-3-7-16(8-4-15)19(22)25-13-18(21)20-11-14-5-9-17(24-2)10-6-14/h3-10H,11-13H2,1-2H3,(H,20,21). The Morgan fingerprint density at radius 3 is 2.16 bits per heavy atom. The zero-order valence-corrected chi connectivity index (χ0v) is 14.3. The molecule has 0 bridgehead atoms. The molecule has 2 aromatic rings. The minimum absolute atomic E-state index is 0.325. The Bertz CT molecular complexity index is 695. The average molecular weight is 343 g/mol. The van der Waals surface area contributed by atoms with Crippen LogP contribution in [-0.4, -0.2) is 32.7 Å². The molecule has 0 aliphatic rings. The highest BCUT2D eigenvalue weighted by molar-refractivity contribution is 5.91. The Hall–Kier alpha value is -2.86. The molecule has 0 unspecified atom stereocenters. The highest BCUT2D eigenvalue weighted by atomic mass is 16.5. The monoisotopic (exact) mass is 343 g/mol. The molecule has 0 spiro atoms. The molecule has 0 saturated carbocycles. The fourth-order valence-electron chi connectivity index (χ4n) is 2.11.